The average Bonchev–Trinajstić information content (AvgIpc) is 2.90. The Hall–Kier alpha value is -3.41. The van der Waals surface area contributed by atoms with Crippen LogP contribution in [0.25, 0.3) is 0 Å². The third-order valence-corrected chi connectivity index (χ3v) is 8.80. The lowest BCUT2D eigenvalue weighted by Crippen LogP contribution is -2.39. The molecule has 4 aromatic carbocycles. The number of nitrogens with zero attached hydrogens (tertiary/aromatic N) is 1. The number of para-hydroxylation sites is 1. The minimum Gasteiger partial charge on any atom is -0.322 e. The first kappa shape index (κ1) is 25.7. The van der Waals surface area contributed by atoms with Crippen molar-refractivity contribution in [2.24, 2.45) is 0 Å². The second-order valence-corrected chi connectivity index (χ2v) is 11.4. The Labute approximate surface area is 222 Å². The van der Waals surface area contributed by atoms with E-state index in [4.69, 9.17) is 12.2 Å². The van der Waals surface area contributed by atoms with E-state index in [-0.39, 0.29) is 5.91 Å². The van der Waals surface area contributed by atoms with Gasteiger partial charge in [-0.05, 0) is 55.4 Å². The number of benzene rings is 4. The fraction of sp³-hybridized carbons (Fsp3) is 0.161. The molecule has 0 aliphatic heterocycles. The molecule has 0 saturated carbocycles. The Bertz CT molecular complexity index is 1290. The summed E-state index contributed by atoms with van der Waals surface area (Å²) in [7, 11) is -0.494. The molecule has 0 aliphatic rings. The van der Waals surface area contributed by atoms with Crippen LogP contribution in [0, 0.1) is 13.8 Å². The van der Waals surface area contributed by atoms with Gasteiger partial charge in [0.25, 0.3) is 10.2 Å². The molecule has 0 radical (unpaired) electrons. The van der Waals surface area contributed by atoms with Crippen LogP contribution in [0.1, 0.15) is 22.3 Å². The Morgan fingerprint density at radius 3 is 2.00 bits per heavy atom. The standard InChI is InChI=1S/C31H30N2OS2/c1-24-18-19-29(25(2)20-24)32-30(34)23-36(22-27-14-8-4-9-15-27)31(35)33(28-16-10-5-11-17-28)21-26-12-6-3-7-13-26/h3-20H,21-23H2,1-2H3/p+1. The summed E-state index contributed by atoms with van der Waals surface area (Å²) in [4.78, 5) is 15.5. The van der Waals surface area contributed by atoms with Crippen molar-refractivity contribution in [2.75, 3.05) is 16.0 Å². The Morgan fingerprint density at radius 1 is 0.806 bits per heavy atom. The van der Waals surface area contributed by atoms with Crippen molar-refractivity contribution >= 4 is 44.7 Å². The predicted octanol–water partition coefficient (Wildman–Crippen LogP) is 7.05. The number of aryl methyl sites for hydroxylation is 2. The molecule has 0 saturated heterocycles. The maximum atomic E-state index is 13.3. The summed E-state index contributed by atoms with van der Waals surface area (Å²) in [6, 6.07) is 36.9. The normalized spacial score (nSPS) is 11.5. The number of rotatable bonds is 8. The van der Waals surface area contributed by atoms with Crippen LogP contribution in [0.3, 0.4) is 0 Å². The first-order valence-electron chi connectivity index (χ1n) is 12.0. The number of anilines is 2. The molecule has 1 atom stereocenters. The lowest BCUT2D eigenvalue weighted by atomic mass is 10.1. The van der Waals surface area contributed by atoms with Crippen molar-refractivity contribution in [2.45, 2.75) is 26.1 Å². The minimum absolute atomic E-state index is 0.0173. The molecule has 4 rings (SSSR count). The smallest absolute Gasteiger partial charge is 0.295 e. The van der Waals surface area contributed by atoms with Crippen LogP contribution >= 0.6 is 12.2 Å². The quantitative estimate of drug-likeness (QED) is 0.203. The van der Waals surface area contributed by atoms with Gasteiger partial charge < -0.3 is 5.32 Å². The molecule has 4 aromatic rings. The fourth-order valence-corrected chi connectivity index (χ4v) is 6.38. The molecule has 5 heteroatoms. The average molecular weight is 512 g/mol. The van der Waals surface area contributed by atoms with Crippen LogP contribution in [0.15, 0.2) is 109 Å². The summed E-state index contributed by atoms with van der Waals surface area (Å²) in [5.74, 6) is 1.04. The van der Waals surface area contributed by atoms with Crippen LogP contribution in [-0.2, 0) is 28.0 Å². The Kier molecular flexibility index (Phi) is 8.93. The van der Waals surface area contributed by atoms with Gasteiger partial charge in [0.1, 0.15) is 5.75 Å². The number of carbonyl (C=O) groups is 1. The topological polar surface area (TPSA) is 32.3 Å². The lowest BCUT2D eigenvalue weighted by molar-refractivity contribution is -0.113. The number of carbonyl (C=O) groups excluding carboxylic acids is 1. The highest BCUT2D eigenvalue weighted by Gasteiger charge is 2.34. The second kappa shape index (κ2) is 12.5. The van der Waals surface area contributed by atoms with Crippen molar-refractivity contribution < 1.29 is 4.79 Å². The maximum absolute atomic E-state index is 13.3. The van der Waals surface area contributed by atoms with Crippen molar-refractivity contribution in [3.63, 3.8) is 0 Å². The highest BCUT2D eigenvalue weighted by molar-refractivity contribution is 8.20. The van der Waals surface area contributed by atoms with Gasteiger partial charge in [-0.2, -0.15) is 0 Å². The lowest BCUT2D eigenvalue weighted by Gasteiger charge is -2.24. The fourth-order valence-electron chi connectivity index (χ4n) is 4.04. The van der Waals surface area contributed by atoms with Gasteiger partial charge in [0.15, 0.2) is 5.75 Å². The summed E-state index contributed by atoms with van der Waals surface area (Å²) in [5.41, 5.74) is 6.47. The van der Waals surface area contributed by atoms with E-state index in [0.717, 1.165) is 27.0 Å². The summed E-state index contributed by atoms with van der Waals surface area (Å²) in [5, 5.41) is 3.13. The largest absolute Gasteiger partial charge is 0.322 e. The van der Waals surface area contributed by atoms with Crippen molar-refractivity contribution in [3.05, 3.63) is 131 Å². The van der Waals surface area contributed by atoms with Gasteiger partial charge in [-0.25, -0.2) is 0 Å². The molecule has 0 bridgehead atoms. The molecular weight excluding hydrogens is 480 g/mol. The highest BCUT2D eigenvalue weighted by atomic mass is 32.2. The summed E-state index contributed by atoms with van der Waals surface area (Å²) in [6.45, 7) is 4.73. The molecule has 0 fully saturated rings. The number of nitrogens with one attached hydrogen (secondary N) is 1. The predicted molar refractivity (Wildman–Crippen MR) is 159 cm³/mol. The molecule has 1 amide bonds. The number of amides is 1. The first-order chi connectivity index (χ1) is 17.5. The van der Waals surface area contributed by atoms with Crippen molar-refractivity contribution in [1.29, 1.82) is 0 Å². The number of hydrogen-bond acceptors (Lipinski definition) is 2. The van der Waals surface area contributed by atoms with Crippen LogP contribution < -0.4 is 10.2 Å². The summed E-state index contributed by atoms with van der Waals surface area (Å²) in [6.07, 6.45) is 0. The first-order valence-corrected chi connectivity index (χ1v) is 14.0. The van der Waals surface area contributed by atoms with Gasteiger partial charge in [-0.1, -0.05) is 96.6 Å². The van der Waals surface area contributed by atoms with E-state index in [1.54, 1.807) is 0 Å². The van der Waals surface area contributed by atoms with Gasteiger partial charge in [0.05, 0.1) is 17.4 Å². The monoisotopic (exact) mass is 511 g/mol. The molecule has 1 unspecified atom stereocenters. The number of thiocarbonyl (C=S) groups is 1. The SMILES string of the molecule is Cc1ccc(NC(=O)C[S+](Cc2ccccc2)C(=S)N(Cc2ccccc2)c2ccccc2)c(C)c1. The molecule has 0 aromatic heterocycles. The molecule has 3 nitrogen and oxygen atoms in total. The Balaban J connectivity index is 1.61. The minimum atomic E-state index is -0.494. The van der Waals surface area contributed by atoms with Crippen LogP contribution in [0.2, 0.25) is 0 Å². The van der Waals surface area contributed by atoms with Gasteiger partial charge >= 0.3 is 0 Å². The highest BCUT2D eigenvalue weighted by Crippen LogP contribution is 2.24. The molecule has 1 N–H and O–H groups in total. The van der Waals surface area contributed by atoms with E-state index in [0.29, 0.717) is 12.3 Å². The molecule has 0 heterocycles. The zero-order valence-corrected chi connectivity index (χ0v) is 22.3. The van der Waals surface area contributed by atoms with Gasteiger partial charge in [0, 0.05) is 16.9 Å². The molecule has 36 heavy (non-hydrogen) atoms. The second-order valence-electron chi connectivity index (χ2n) is 8.81. The molecule has 0 aliphatic carbocycles. The van der Waals surface area contributed by atoms with Gasteiger partial charge in [0.2, 0.25) is 0 Å². The summed E-state index contributed by atoms with van der Waals surface area (Å²) >= 11 is 6.16. The zero-order valence-electron chi connectivity index (χ0n) is 20.7. The zero-order chi connectivity index (χ0) is 25.3. The maximum Gasteiger partial charge on any atom is 0.295 e. The number of hydrogen-bond donors (Lipinski definition) is 1. The third kappa shape index (κ3) is 7.06. The van der Waals surface area contributed by atoms with E-state index < -0.39 is 10.9 Å². The van der Waals surface area contributed by atoms with E-state index in [1.165, 1.54) is 16.7 Å². The van der Waals surface area contributed by atoms with Gasteiger partial charge in [-0.15, -0.1) is 0 Å². The van der Waals surface area contributed by atoms with Gasteiger partial charge in [-0.3, -0.25) is 9.69 Å². The molecular formula is C31H31N2OS2+. The van der Waals surface area contributed by atoms with E-state index >= 15 is 0 Å². The van der Waals surface area contributed by atoms with E-state index in [2.05, 4.69) is 59.6 Å². The van der Waals surface area contributed by atoms with E-state index in [1.807, 2.05) is 73.7 Å². The third-order valence-electron chi connectivity index (χ3n) is 5.86. The molecule has 182 valence electrons. The van der Waals surface area contributed by atoms with Crippen LogP contribution in [0.5, 0.6) is 0 Å². The van der Waals surface area contributed by atoms with Crippen LogP contribution in [-0.4, -0.2) is 16.0 Å². The van der Waals surface area contributed by atoms with E-state index in [9.17, 15) is 4.79 Å². The van der Waals surface area contributed by atoms with Crippen LogP contribution in [0.4, 0.5) is 11.4 Å². The van der Waals surface area contributed by atoms with Crippen molar-refractivity contribution in [3.8, 4) is 0 Å². The Morgan fingerprint density at radius 2 is 1.39 bits per heavy atom. The van der Waals surface area contributed by atoms with Crippen molar-refractivity contribution in [1.82, 2.24) is 0 Å². The summed E-state index contributed by atoms with van der Waals surface area (Å²) < 4.78 is 0.796. The molecule has 0 spiro atoms.